The van der Waals surface area contributed by atoms with Crippen LogP contribution < -0.4 is 10.5 Å². The first kappa shape index (κ1) is 12.7. The first-order valence-electron chi connectivity index (χ1n) is 5.06. The number of aromatic nitrogens is 2. The molecule has 0 saturated carbocycles. The molecular weight excluding hydrogens is 260 g/mol. The maximum atomic E-state index is 11.0. The molecule has 0 aliphatic carbocycles. The molecule has 3 N–H and O–H groups in total. The predicted molar refractivity (Wildman–Crippen MR) is 59.7 cm³/mol. The van der Waals surface area contributed by atoms with E-state index in [2.05, 4.69) is 15.5 Å². The summed E-state index contributed by atoms with van der Waals surface area (Å²) < 4.78 is 31.9. The zero-order chi connectivity index (χ0) is 13.2. The van der Waals surface area contributed by atoms with E-state index in [1.807, 2.05) is 0 Å². The Labute approximate surface area is 103 Å². The number of nitrogens with one attached hydrogen (secondary N) is 1. The standard InChI is InChI=1S/C9H12N4O4S/c1-6-12-8(17-13-6)5-11-4-7-2-3-9(16-7)18(10,14)15/h2-3,11H,4-5H2,1H3,(H2,10,14,15). The molecule has 2 heterocycles. The van der Waals surface area contributed by atoms with Crippen LogP contribution in [0.4, 0.5) is 0 Å². The second kappa shape index (κ2) is 4.88. The van der Waals surface area contributed by atoms with Gasteiger partial charge in [-0.15, -0.1) is 0 Å². The van der Waals surface area contributed by atoms with Gasteiger partial charge in [-0.3, -0.25) is 0 Å². The summed E-state index contributed by atoms with van der Waals surface area (Å²) in [4.78, 5) is 4.00. The lowest BCUT2D eigenvalue weighted by Gasteiger charge is -1.98. The highest BCUT2D eigenvalue weighted by molar-refractivity contribution is 7.89. The first-order chi connectivity index (χ1) is 8.45. The highest BCUT2D eigenvalue weighted by Crippen LogP contribution is 2.11. The molecule has 0 radical (unpaired) electrons. The van der Waals surface area contributed by atoms with Crippen molar-refractivity contribution in [2.75, 3.05) is 0 Å². The van der Waals surface area contributed by atoms with Crippen molar-refractivity contribution in [1.29, 1.82) is 0 Å². The molecule has 0 bridgehead atoms. The minimum Gasteiger partial charge on any atom is -0.447 e. The summed E-state index contributed by atoms with van der Waals surface area (Å²) in [6, 6.07) is 2.84. The summed E-state index contributed by atoms with van der Waals surface area (Å²) >= 11 is 0. The number of primary sulfonamides is 1. The minimum absolute atomic E-state index is 0.257. The van der Waals surface area contributed by atoms with Crippen LogP contribution in [0.5, 0.6) is 0 Å². The van der Waals surface area contributed by atoms with Gasteiger partial charge < -0.3 is 14.3 Å². The molecule has 0 aromatic carbocycles. The van der Waals surface area contributed by atoms with E-state index in [-0.39, 0.29) is 5.09 Å². The maximum absolute atomic E-state index is 11.0. The molecule has 2 rings (SSSR count). The Morgan fingerprint density at radius 1 is 1.39 bits per heavy atom. The Bertz CT molecular complexity index is 631. The Morgan fingerprint density at radius 3 is 2.72 bits per heavy atom. The Morgan fingerprint density at radius 2 is 2.17 bits per heavy atom. The van der Waals surface area contributed by atoms with E-state index in [9.17, 15) is 8.42 Å². The number of hydrogen-bond acceptors (Lipinski definition) is 7. The molecular formula is C9H12N4O4S. The molecule has 2 aromatic heterocycles. The van der Waals surface area contributed by atoms with Crippen LogP contribution in [-0.2, 0) is 23.1 Å². The van der Waals surface area contributed by atoms with Gasteiger partial charge in [-0.1, -0.05) is 5.16 Å². The summed E-state index contributed by atoms with van der Waals surface area (Å²) in [5.41, 5.74) is 0. The van der Waals surface area contributed by atoms with Crippen molar-refractivity contribution < 1.29 is 17.4 Å². The number of aryl methyl sites for hydroxylation is 1. The zero-order valence-corrected chi connectivity index (χ0v) is 10.4. The maximum Gasteiger partial charge on any atom is 0.271 e. The van der Waals surface area contributed by atoms with Crippen LogP contribution in [0.1, 0.15) is 17.5 Å². The second-order valence-electron chi connectivity index (χ2n) is 3.60. The van der Waals surface area contributed by atoms with Crippen molar-refractivity contribution in [3.05, 3.63) is 29.6 Å². The first-order valence-corrected chi connectivity index (χ1v) is 6.61. The number of nitrogens with zero attached hydrogens (tertiary/aromatic N) is 2. The van der Waals surface area contributed by atoms with Gasteiger partial charge in [0.25, 0.3) is 10.0 Å². The molecule has 8 nitrogen and oxygen atoms in total. The van der Waals surface area contributed by atoms with Crippen LogP contribution in [0.15, 0.2) is 26.2 Å². The summed E-state index contributed by atoms with van der Waals surface area (Å²) in [6.07, 6.45) is 0. The topological polar surface area (TPSA) is 124 Å². The van der Waals surface area contributed by atoms with Crippen LogP contribution in [0.2, 0.25) is 0 Å². The molecule has 0 aliphatic heterocycles. The molecule has 0 saturated heterocycles. The molecule has 0 amide bonds. The molecule has 0 fully saturated rings. The lowest BCUT2D eigenvalue weighted by molar-refractivity contribution is 0.355. The highest BCUT2D eigenvalue weighted by atomic mass is 32.2. The van der Waals surface area contributed by atoms with E-state index in [4.69, 9.17) is 14.1 Å². The quantitative estimate of drug-likeness (QED) is 0.779. The summed E-state index contributed by atoms with van der Waals surface area (Å²) in [5.74, 6) is 1.46. The number of sulfonamides is 1. The van der Waals surface area contributed by atoms with E-state index < -0.39 is 10.0 Å². The molecule has 0 atom stereocenters. The van der Waals surface area contributed by atoms with Crippen molar-refractivity contribution in [1.82, 2.24) is 15.5 Å². The van der Waals surface area contributed by atoms with E-state index >= 15 is 0 Å². The lowest BCUT2D eigenvalue weighted by Crippen LogP contribution is -2.13. The van der Waals surface area contributed by atoms with Gasteiger partial charge in [-0.2, -0.15) is 4.98 Å². The fourth-order valence-corrected chi connectivity index (χ4v) is 1.79. The molecule has 18 heavy (non-hydrogen) atoms. The third-order valence-corrected chi connectivity index (χ3v) is 2.84. The zero-order valence-electron chi connectivity index (χ0n) is 9.58. The number of hydrogen-bond donors (Lipinski definition) is 2. The SMILES string of the molecule is Cc1noc(CNCc2ccc(S(N)(=O)=O)o2)n1. The molecule has 0 aliphatic rings. The fraction of sp³-hybridized carbons (Fsp3) is 0.333. The third kappa shape index (κ3) is 3.15. The van der Waals surface area contributed by atoms with Gasteiger partial charge in [0.05, 0.1) is 13.1 Å². The lowest BCUT2D eigenvalue weighted by atomic mass is 10.4. The largest absolute Gasteiger partial charge is 0.447 e. The van der Waals surface area contributed by atoms with Crippen molar-refractivity contribution in [3.8, 4) is 0 Å². The summed E-state index contributed by atoms with van der Waals surface area (Å²) in [6.45, 7) is 2.42. The van der Waals surface area contributed by atoms with Gasteiger partial charge in [0.15, 0.2) is 5.82 Å². The van der Waals surface area contributed by atoms with Crippen LogP contribution in [0, 0.1) is 6.92 Å². The van der Waals surface area contributed by atoms with Crippen LogP contribution in [-0.4, -0.2) is 18.6 Å². The summed E-state index contributed by atoms with van der Waals surface area (Å²) in [7, 11) is -3.79. The van der Waals surface area contributed by atoms with Gasteiger partial charge in [-0.25, -0.2) is 13.6 Å². The number of furan rings is 1. The minimum atomic E-state index is -3.79. The molecule has 0 unspecified atom stereocenters. The average Bonchev–Trinajstić information content (AvgIpc) is 2.87. The monoisotopic (exact) mass is 272 g/mol. The molecule has 2 aromatic rings. The predicted octanol–water partition coefficient (Wildman–Crippen LogP) is -0.0918. The van der Waals surface area contributed by atoms with E-state index in [1.165, 1.54) is 12.1 Å². The van der Waals surface area contributed by atoms with E-state index in [0.29, 0.717) is 30.6 Å². The van der Waals surface area contributed by atoms with Crippen LogP contribution in [0.25, 0.3) is 0 Å². The van der Waals surface area contributed by atoms with Crippen LogP contribution >= 0.6 is 0 Å². The molecule has 98 valence electrons. The summed E-state index contributed by atoms with van der Waals surface area (Å²) in [5, 5.41) is 11.3. The van der Waals surface area contributed by atoms with Crippen molar-refractivity contribution in [3.63, 3.8) is 0 Å². The fourth-order valence-electron chi connectivity index (χ4n) is 1.31. The van der Waals surface area contributed by atoms with E-state index in [1.54, 1.807) is 6.92 Å². The third-order valence-electron chi connectivity index (χ3n) is 2.06. The molecule has 9 heteroatoms. The Balaban J connectivity index is 1.89. The van der Waals surface area contributed by atoms with Gasteiger partial charge >= 0.3 is 0 Å². The molecule has 0 spiro atoms. The average molecular weight is 272 g/mol. The smallest absolute Gasteiger partial charge is 0.271 e. The van der Waals surface area contributed by atoms with Gasteiger partial charge in [0.1, 0.15) is 5.76 Å². The van der Waals surface area contributed by atoms with Crippen LogP contribution in [0.3, 0.4) is 0 Å². The van der Waals surface area contributed by atoms with Crippen molar-refractivity contribution >= 4 is 10.0 Å². The van der Waals surface area contributed by atoms with E-state index in [0.717, 1.165) is 0 Å². The number of rotatable bonds is 5. The van der Waals surface area contributed by atoms with Crippen molar-refractivity contribution in [2.24, 2.45) is 5.14 Å². The highest BCUT2D eigenvalue weighted by Gasteiger charge is 2.13. The van der Waals surface area contributed by atoms with Crippen molar-refractivity contribution in [2.45, 2.75) is 25.1 Å². The Kier molecular flexibility index (Phi) is 3.45. The Hall–Kier alpha value is -1.71. The van der Waals surface area contributed by atoms with Gasteiger partial charge in [0.2, 0.25) is 11.0 Å². The van der Waals surface area contributed by atoms with Gasteiger partial charge in [0, 0.05) is 0 Å². The van der Waals surface area contributed by atoms with Gasteiger partial charge in [-0.05, 0) is 19.1 Å². The second-order valence-corrected chi connectivity index (χ2v) is 5.10. The number of nitrogens with two attached hydrogens (primary N) is 1. The normalized spacial score (nSPS) is 11.9.